The normalized spacial score (nSPS) is 19.7. The second-order valence-electron chi connectivity index (χ2n) is 10.2. The number of nitrogens with one attached hydrogen (secondary N) is 2. The Hall–Kier alpha value is -3.64. The van der Waals surface area contributed by atoms with E-state index in [-0.39, 0.29) is 17.8 Å². The number of carbonyl (C=O) groups excluding carboxylic acids is 1. The van der Waals surface area contributed by atoms with Crippen molar-refractivity contribution >= 4 is 33.4 Å². The molecule has 0 radical (unpaired) electrons. The molecule has 0 bridgehead atoms. The standard InChI is InChI=1S/C26H32N8O3S/c1-16-9-21(10-17(2)29-16)30-26-28-13-20-14-33(15-23(20)31-26)22-6-8-34(18(3)11-22)25(35)19-5-7-27-24(12-19)32-38(4,36)37/h5,7,9-10,12-13,18,22H,6,8,11,14-15H2,1-4H3,(H,27,32)(H,28,29,30,31)/t18-,22-/m1/s1. The van der Waals surface area contributed by atoms with E-state index in [0.717, 1.165) is 60.5 Å². The Bertz CT molecular complexity index is 1460. The Balaban J connectivity index is 1.21. The first-order valence-electron chi connectivity index (χ1n) is 12.6. The Morgan fingerprint density at radius 2 is 1.84 bits per heavy atom. The summed E-state index contributed by atoms with van der Waals surface area (Å²) in [5.74, 6) is 0.592. The summed E-state index contributed by atoms with van der Waals surface area (Å²) in [7, 11) is -3.48. The molecule has 0 aliphatic carbocycles. The molecule has 12 heteroatoms. The molecule has 0 spiro atoms. The van der Waals surface area contributed by atoms with Crippen LogP contribution < -0.4 is 10.0 Å². The zero-order chi connectivity index (χ0) is 27.0. The van der Waals surface area contributed by atoms with E-state index in [2.05, 4.69) is 36.8 Å². The number of aromatic nitrogens is 4. The summed E-state index contributed by atoms with van der Waals surface area (Å²) in [4.78, 5) is 35.3. The van der Waals surface area contributed by atoms with Crippen molar-refractivity contribution in [3.05, 3.63) is 64.9 Å². The molecule has 1 fully saturated rings. The number of hydrogen-bond acceptors (Lipinski definition) is 9. The minimum Gasteiger partial charge on any atom is -0.336 e. The fourth-order valence-electron chi connectivity index (χ4n) is 5.29. The molecule has 1 amide bonds. The van der Waals surface area contributed by atoms with Gasteiger partial charge in [0.05, 0.1) is 11.9 Å². The SMILES string of the molecule is Cc1cc(Nc2ncc3c(n2)CN([C@@H]2CCN(C(=O)c4ccnc(NS(C)(=O)=O)c4)[C@H](C)C2)C3)cc(C)n1. The van der Waals surface area contributed by atoms with Crippen LogP contribution in [0.15, 0.2) is 36.7 Å². The first-order chi connectivity index (χ1) is 18.0. The predicted octanol–water partition coefficient (Wildman–Crippen LogP) is 3.01. The fourth-order valence-corrected chi connectivity index (χ4v) is 5.78. The third-order valence-corrected chi connectivity index (χ3v) is 7.52. The van der Waals surface area contributed by atoms with E-state index in [9.17, 15) is 13.2 Å². The number of carbonyl (C=O) groups is 1. The third kappa shape index (κ3) is 5.91. The molecule has 2 atom stereocenters. The molecular weight excluding hydrogens is 504 g/mol. The average molecular weight is 537 g/mol. The lowest BCUT2D eigenvalue weighted by Crippen LogP contribution is -2.50. The molecule has 38 heavy (non-hydrogen) atoms. The van der Waals surface area contributed by atoms with Gasteiger partial charge in [-0.15, -0.1) is 0 Å². The lowest BCUT2D eigenvalue weighted by molar-refractivity contribution is 0.0460. The summed E-state index contributed by atoms with van der Waals surface area (Å²) in [5, 5.41) is 3.30. The Morgan fingerprint density at radius 1 is 1.08 bits per heavy atom. The number of fused-ring (bicyclic) bond motifs is 1. The first kappa shape index (κ1) is 26.0. The highest BCUT2D eigenvalue weighted by Gasteiger charge is 2.35. The fraction of sp³-hybridized carbons (Fsp3) is 0.423. The van der Waals surface area contributed by atoms with E-state index in [1.54, 1.807) is 6.07 Å². The molecule has 11 nitrogen and oxygen atoms in total. The quantitative estimate of drug-likeness (QED) is 0.488. The minimum absolute atomic E-state index is 0.0333. The second-order valence-corrected chi connectivity index (χ2v) is 11.9. The predicted molar refractivity (Wildman–Crippen MR) is 144 cm³/mol. The van der Waals surface area contributed by atoms with E-state index in [1.165, 1.54) is 12.3 Å². The van der Waals surface area contributed by atoms with Crippen molar-refractivity contribution < 1.29 is 13.2 Å². The molecule has 5 heterocycles. The maximum absolute atomic E-state index is 13.2. The summed E-state index contributed by atoms with van der Waals surface area (Å²) in [6, 6.07) is 7.40. The zero-order valence-electron chi connectivity index (χ0n) is 22.0. The van der Waals surface area contributed by atoms with Gasteiger partial charge in [-0.25, -0.2) is 23.4 Å². The molecule has 3 aromatic rings. The smallest absolute Gasteiger partial charge is 0.254 e. The number of sulfonamides is 1. The highest BCUT2D eigenvalue weighted by molar-refractivity contribution is 7.92. The van der Waals surface area contributed by atoms with Gasteiger partial charge in [-0.05, 0) is 57.9 Å². The second kappa shape index (κ2) is 10.3. The van der Waals surface area contributed by atoms with Gasteiger partial charge >= 0.3 is 0 Å². The molecule has 3 aromatic heterocycles. The van der Waals surface area contributed by atoms with E-state index in [4.69, 9.17) is 4.98 Å². The molecule has 1 saturated heterocycles. The maximum atomic E-state index is 13.2. The molecule has 0 unspecified atom stereocenters. The number of amides is 1. The molecule has 2 N–H and O–H groups in total. The van der Waals surface area contributed by atoms with Gasteiger partial charge in [-0.1, -0.05) is 0 Å². The topological polar surface area (TPSA) is 133 Å². The Morgan fingerprint density at radius 3 is 2.55 bits per heavy atom. The lowest BCUT2D eigenvalue weighted by atomic mass is 9.96. The van der Waals surface area contributed by atoms with Crippen LogP contribution in [0.1, 0.15) is 52.8 Å². The van der Waals surface area contributed by atoms with Crippen LogP contribution in [0.25, 0.3) is 0 Å². The van der Waals surface area contributed by atoms with Gasteiger partial charge in [0.15, 0.2) is 0 Å². The van der Waals surface area contributed by atoms with Gasteiger partial charge in [-0.3, -0.25) is 19.4 Å². The van der Waals surface area contributed by atoms with E-state index in [0.29, 0.717) is 24.1 Å². The number of anilines is 3. The number of pyridine rings is 2. The molecule has 0 saturated carbocycles. The summed E-state index contributed by atoms with van der Waals surface area (Å²) in [6.07, 6.45) is 6.09. The number of aryl methyl sites for hydroxylation is 2. The van der Waals surface area contributed by atoms with Crippen molar-refractivity contribution in [3.8, 4) is 0 Å². The van der Waals surface area contributed by atoms with Gasteiger partial charge in [0.2, 0.25) is 16.0 Å². The minimum atomic E-state index is -3.48. The molecule has 200 valence electrons. The Kier molecular flexibility index (Phi) is 7.01. The maximum Gasteiger partial charge on any atom is 0.254 e. The third-order valence-electron chi connectivity index (χ3n) is 6.94. The van der Waals surface area contributed by atoms with Crippen LogP contribution in [0.3, 0.4) is 0 Å². The van der Waals surface area contributed by atoms with Crippen LogP contribution in [-0.2, 0) is 23.1 Å². The van der Waals surface area contributed by atoms with Crippen molar-refractivity contribution in [2.24, 2.45) is 0 Å². The monoisotopic (exact) mass is 536 g/mol. The Labute approximate surface area is 222 Å². The number of piperidine rings is 1. The largest absolute Gasteiger partial charge is 0.336 e. The molecule has 2 aliphatic rings. The van der Waals surface area contributed by atoms with Gasteiger partial charge < -0.3 is 10.2 Å². The number of likely N-dealkylation sites (tertiary alicyclic amines) is 1. The summed E-state index contributed by atoms with van der Waals surface area (Å²) in [5.41, 5.74) is 5.37. The lowest BCUT2D eigenvalue weighted by Gasteiger charge is -2.41. The number of rotatable bonds is 6. The van der Waals surface area contributed by atoms with Crippen molar-refractivity contribution in [2.75, 3.05) is 22.8 Å². The highest BCUT2D eigenvalue weighted by Crippen LogP contribution is 2.31. The van der Waals surface area contributed by atoms with Crippen LogP contribution in [0.4, 0.5) is 17.5 Å². The molecule has 0 aromatic carbocycles. The zero-order valence-corrected chi connectivity index (χ0v) is 22.8. The summed E-state index contributed by atoms with van der Waals surface area (Å²) in [6.45, 7) is 8.14. The molecule has 2 aliphatic heterocycles. The number of hydrogen-bond donors (Lipinski definition) is 2. The van der Waals surface area contributed by atoms with Gasteiger partial charge in [0.25, 0.3) is 5.91 Å². The van der Waals surface area contributed by atoms with Crippen LogP contribution >= 0.6 is 0 Å². The van der Waals surface area contributed by atoms with Crippen molar-refractivity contribution in [2.45, 2.75) is 58.8 Å². The van der Waals surface area contributed by atoms with E-state index in [1.807, 2.05) is 37.1 Å². The van der Waals surface area contributed by atoms with Crippen LogP contribution in [-0.4, -0.2) is 68.9 Å². The van der Waals surface area contributed by atoms with Crippen molar-refractivity contribution in [1.82, 2.24) is 29.7 Å². The van der Waals surface area contributed by atoms with Crippen molar-refractivity contribution in [1.29, 1.82) is 0 Å². The van der Waals surface area contributed by atoms with E-state index < -0.39 is 10.0 Å². The first-order valence-corrected chi connectivity index (χ1v) is 14.5. The van der Waals surface area contributed by atoms with Crippen LogP contribution in [0.2, 0.25) is 0 Å². The summed E-state index contributed by atoms with van der Waals surface area (Å²) < 4.78 is 25.4. The van der Waals surface area contributed by atoms with Crippen LogP contribution in [0, 0.1) is 13.8 Å². The van der Waals surface area contributed by atoms with Gasteiger partial charge in [0, 0.05) is 72.3 Å². The molecule has 5 rings (SSSR count). The van der Waals surface area contributed by atoms with Gasteiger partial charge in [0.1, 0.15) is 5.82 Å². The summed E-state index contributed by atoms with van der Waals surface area (Å²) >= 11 is 0. The highest BCUT2D eigenvalue weighted by atomic mass is 32.2. The van der Waals surface area contributed by atoms with Crippen LogP contribution in [0.5, 0.6) is 0 Å². The number of nitrogens with zero attached hydrogens (tertiary/aromatic N) is 6. The molecular formula is C26H32N8O3S. The van der Waals surface area contributed by atoms with Crippen molar-refractivity contribution in [3.63, 3.8) is 0 Å². The van der Waals surface area contributed by atoms with E-state index >= 15 is 0 Å². The average Bonchev–Trinajstić information content (AvgIpc) is 3.25. The van der Waals surface area contributed by atoms with Gasteiger partial charge in [-0.2, -0.15) is 0 Å².